The van der Waals surface area contributed by atoms with Crippen LogP contribution in [0.2, 0.25) is 0 Å². The second-order valence-electron chi connectivity index (χ2n) is 6.79. The minimum atomic E-state index is -2.53. The normalized spacial score (nSPS) is 17.7. The van der Waals surface area contributed by atoms with E-state index in [1.54, 1.807) is 7.11 Å². The fourth-order valence-electron chi connectivity index (χ4n) is 3.18. The summed E-state index contributed by atoms with van der Waals surface area (Å²) in [7, 11) is 1.65. The highest BCUT2D eigenvalue weighted by molar-refractivity contribution is 5.62. The number of ether oxygens (including phenoxy) is 1. The molecule has 0 amide bonds. The van der Waals surface area contributed by atoms with Crippen LogP contribution in [0.15, 0.2) is 16.5 Å². The maximum absolute atomic E-state index is 13.3. The van der Waals surface area contributed by atoms with Crippen molar-refractivity contribution < 1.29 is 17.9 Å². The summed E-state index contributed by atoms with van der Waals surface area (Å²) >= 11 is 0. The van der Waals surface area contributed by atoms with Crippen LogP contribution in [0.5, 0.6) is 5.75 Å². The lowest BCUT2D eigenvalue weighted by atomic mass is 10.0. The number of alkyl halides is 2. The second kappa shape index (κ2) is 6.75. The van der Waals surface area contributed by atoms with Crippen LogP contribution >= 0.6 is 0 Å². The average Bonchev–Trinajstić information content (AvgIpc) is 2.92. The third-order valence-corrected chi connectivity index (χ3v) is 4.83. The van der Waals surface area contributed by atoms with Crippen molar-refractivity contribution in [1.29, 1.82) is 0 Å². The van der Waals surface area contributed by atoms with Crippen molar-refractivity contribution in [3.63, 3.8) is 0 Å². The van der Waals surface area contributed by atoms with Gasteiger partial charge in [-0.05, 0) is 44.0 Å². The molecule has 2 heterocycles. The van der Waals surface area contributed by atoms with Crippen LogP contribution in [-0.4, -0.2) is 36.0 Å². The Morgan fingerprint density at radius 2 is 1.84 bits per heavy atom. The average molecular weight is 350 g/mol. The van der Waals surface area contributed by atoms with Gasteiger partial charge in [0, 0.05) is 38.0 Å². The quantitative estimate of drug-likeness (QED) is 0.813. The highest BCUT2D eigenvalue weighted by Gasteiger charge is 2.34. The molecule has 1 aliphatic rings. The van der Waals surface area contributed by atoms with Gasteiger partial charge in [-0.2, -0.15) is 0 Å². The molecule has 3 rings (SSSR count). The molecule has 2 aromatic rings. The van der Waals surface area contributed by atoms with E-state index in [0.717, 1.165) is 33.9 Å². The molecule has 1 saturated heterocycles. The van der Waals surface area contributed by atoms with Crippen LogP contribution in [0, 0.1) is 20.8 Å². The number of hydrogen-bond donors (Lipinski definition) is 0. The molecule has 0 atom stereocenters. The van der Waals surface area contributed by atoms with Crippen molar-refractivity contribution in [1.82, 2.24) is 9.88 Å². The largest absolute Gasteiger partial charge is 0.496 e. The number of benzene rings is 1. The number of aromatic nitrogens is 1. The van der Waals surface area contributed by atoms with Crippen LogP contribution in [-0.2, 0) is 6.54 Å². The van der Waals surface area contributed by atoms with Gasteiger partial charge in [-0.3, -0.25) is 4.90 Å². The Morgan fingerprint density at radius 1 is 1.16 bits per heavy atom. The van der Waals surface area contributed by atoms with E-state index in [1.165, 1.54) is 0 Å². The summed E-state index contributed by atoms with van der Waals surface area (Å²) in [5, 5.41) is 0. The number of methoxy groups -OCH3 is 1. The Bertz CT molecular complexity index is 761. The van der Waals surface area contributed by atoms with E-state index in [4.69, 9.17) is 9.15 Å². The Morgan fingerprint density at radius 3 is 2.48 bits per heavy atom. The summed E-state index contributed by atoms with van der Waals surface area (Å²) in [5.41, 5.74) is 3.78. The third-order valence-electron chi connectivity index (χ3n) is 4.83. The number of aryl methyl sites for hydroxylation is 3. The number of piperidine rings is 1. The standard InChI is InChI=1S/C19H24F2N2O2/c1-12-10-17(24-4)13(2)9-15(12)18-22-16(14(3)25-18)11-23-7-5-19(20,21)6-8-23/h9-10H,5-8,11H2,1-4H3. The second-order valence-corrected chi connectivity index (χ2v) is 6.79. The molecule has 0 bridgehead atoms. The van der Waals surface area contributed by atoms with Crippen molar-refractivity contribution in [3.8, 4) is 17.2 Å². The van der Waals surface area contributed by atoms with Gasteiger partial charge in [0.1, 0.15) is 11.5 Å². The zero-order valence-corrected chi connectivity index (χ0v) is 15.2. The molecular weight excluding hydrogens is 326 g/mol. The van der Waals surface area contributed by atoms with E-state index in [1.807, 2.05) is 37.8 Å². The molecule has 0 unspecified atom stereocenters. The SMILES string of the molecule is COc1cc(C)c(-c2nc(CN3CCC(F)(F)CC3)c(C)o2)cc1C. The zero-order valence-electron chi connectivity index (χ0n) is 15.2. The Hall–Kier alpha value is -1.95. The first-order valence-corrected chi connectivity index (χ1v) is 8.51. The Labute approximate surface area is 146 Å². The van der Waals surface area contributed by atoms with Gasteiger partial charge in [-0.1, -0.05) is 0 Å². The summed E-state index contributed by atoms with van der Waals surface area (Å²) in [4.78, 5) is 6.64. The molecule has 1 aliphatic heterocycles. The number of halogens is 2. The van der Waals surface area contributed by atoms with Gasteiger partial charge in [0.05, 0.1) is 12.8 Å². The van der Waals surface area contributed by atoms with Crippen LogP contribution in [0.3, 0.4) is 0 Å². The smallest absolute Gasteiger partial charge is 0.250 e. The first-order chi connectivity index (χ1) is 11.8. The molecule has 1 aromatic heterocycles. The van der Waals surface area contributed by atoms with Crippen LogP contribution < -0.4 is 4.74 Å². The van der Waals surface area contributed by atoms with Crippen LogP contribution in [0.4, 0.5) is 8.78 Å². The fourth-order valence-corrected chi connectivity index (χ4v) is 3.18. The molecule has 136 valence electrons. The van der Waals surface area contributed by atoms with E-state index in [9.17, 15) is 8.78 Å². The molecule has 0 spiro atoms. The number of rotatable bonds is 4. The van der Waals surface area contributed by atoms with Gasteiger partial charge in [0.15, 0.2) is 0 Å². The fraction of sp³-hybridized carbons (Fsp3) is 0.526. The molecule has 1 fully saturated rings. The first-order valence-electron chi connectivity index (χ1n) is 8.51. The third kappa shape index (κ3) is 3.84. The van der Waals surface area contributed by atoms with Crippen molar-refractivity contribution in [3.05, 3.63) is 34.7 Å². The number of nitrogens with zero attached hydrogens (tertiary/aromatic N) is 2. The van der Waals surface area contributed by atoms with Crippen molar-refractivity contribution >= 4 is 0 Å². The molecule has 4 nitrogen and oxygen atoms in total. The number of oxazole rings is 1. The maximum Gasteiger partial charge on any atom is 0.250 e. The number of hydrogen-bond acceptors (Lipinski definition) is 4. The summed E-state index contributed by atoms with van der Waals surface area (Å²) < 4.78 is 37.8. The number of likely N-dealkylation sites (tertiary alicyclic amines) is 1. The molecule has 0 radical (unpaired) electrons. The lowest BCUT2D eigenvalue weighted by molar-refractivity contribution is -0.0568. The Kier molecular flexibility index (Phi) is 4.82. The molecular formula is C19H24F2N2O2. The first kappa shape index (κ1) is 17.9. The maximum atomic E-state index is 13.3. The molecule has 0 aliphatic carbocycles. The van der Waals surface area contributed by atoms with Gasteiger partial charge >= 0.3 is 0 Å². The Balaban J connectivity index is 1.80. The van der Waals surface area contributed by atoms with Gasteiger partial charge in [-0.25, -0.2) is 13.8 Å². The summed E-state index contributed by atoms with van der Waals surface area (Å²) in [5.74, 6) is -0.393. The van der Waals surface area contributed by atoms with E-state index < -0.39 is 5.92 Å². The van der Waals surface area contributed by atoms with E-state index in [2.05, 4.69) is 4.98 Å². The highest BCUT2D eigenvalue weighted by Crippen LogP contribution is 2.32. The van der Waals surface area contributed by atoms with Gasteiger partial charge in [-0.15, -0.1) is 0 Å². The molecule has 6 heteroatoms. The van der Waals surface area contributed by atoms with Crippen LogP contribution in [0.1, 0.15) is 35.4 Å². The monoisotopic (exact) mass is 350 g/mol. The van der Waals surface area contributed by atoms with Crippen molar-refractivity contribution in [2.45, 2.75) is 46.1 Å². The van der Waals surface area contributed by atoms with Gasteiger partial charge in [0.25, 0.3) is 5.92 Å². The highest BCUT2D eigenvalue weighted by atomic mass is 19.3. The lowest BCUT2D eigenvalue weighted by Gasteiger charge is -2.31. The molecule has 0 saturated carbocycles. The summed E-state index contributed by atoms with van der Waals surface area (Å²) in [6.45, 7) is 7.15. The van der Waals surface area contributed by atoms with E-state index in [0.29, 0.717) is 25.5 Å². The molecule has 0 N–H and O–H groups in total. The lowest BCUT2D eigenvalue weighted by Crippen LogP contribution is -2.39. The minimum Gasteiger partial charge on any atom is -0.496 e. The molecule has 1 aromatic carbocycles. The summed E-state index contributed by atoms with van der Waals surface area (Å²) in [6.07, 6.45) is -0.179. The van der Waals surface area contributed by atoms with Gasteiger partial charge < -0.3 is 9.15 Å². The minimum absolute atomic E-state index is 0.0897. The van der Waals surface area contributed by atoms with E-state index in [-0.39, 0.29) is 12.8 Å². The van der Waals surface area contributed by atoms with Crippen molar-refractivity contribution in [2.24, 2.45) is 0 Å². The predicted molar refractivity (Wildman–Crippen MR) is 92.2 cm³/mol. The summed E-state index contributed by atoms with van der Waals surface area (Å²) in [6, 6.07) is 3.97. The molecule has 25 heavy (non-hydrogen) atoms. The zero-order chi connectivity index (χ0) is 18.2. The topological polar surface area (TPSA) is 38.5 Å². The van der Waals surface area contributed by atoms with E-state index >= 15 is 0 Å². The van der Waals surface area contributed by atoms with Crippen molar-refractivity contribution in [2.75, 3.05) is 20.2 Å². The van der Waals surface area contributed by atoms with Gasteiger partial charge in [0.2, 0.25) is 5.89 Å². The van der Waals surface area contributed by atoms with Crippen LogP contribution in [0.25, 0.3) is 11.5 Å². The predicted octanol–water partition coefficient (Wildman–Crippen LogP) is 4.51.